The molecule has 1 N–H and O–H groups in total. The number of carbonyl (C=O) groups is 4. The largest absolute Gasteiger partial charge is 0.455 e. The summed E-state index contributed by atoms with van der Waals surface area (Å²) >= 11 is 0. The number of likely N-dealkylation sites (N-methyl/N-ethyl adjacent to an activating group) is 1. The molecule has 0 unspecified atom stereocenters. The van der Waals surface area contributed by atoms with Crippen LogP contribution in [0.4, 0.5) is 0 Å². The number of carbonyl (C=O) groups excluding carboxylic acids is 4. The molecule has 0 radical (unpaired) electrons. The normalized spacial score (nSPS) is 25.6. The summed E-state index contributed by atoms with van der Waals surface area (Å²) in [6.07, 6.45) is 4.01. The average molecular weight is 672 g/mol. The number of hydrogen-bond donors (Lipinski definition) is 1. The van der Waals surface area contributed by atoms with Crippen LogP contribution < -0.4 is 0 Å². The molecule has 1 spiro atoms. The van der Waals surface area contributed by atoms with Crippen molar-refractivity contribution in [3.8, 4) is 0 Å². The first-order valence-electron chi connectivity index (χ1n) is 17.3. The van der Waals surface area contributed by atoms with Crippen LogP contribution in [0.5, 0.6) is 0 Å². The van der Waals surface area contributed by atoms with Gasteiger partial charge in [-0.3, -0.25) is 19.2 Å². The Morgan fingerprint density at radius 3 is 2.39 bits per heavy atom. The molecule has 10 heteroatoms. The zero-order chi connectivity index (χ0) is 35.3. The Balaban J connectivity index is 1.48. The summed E-state index contributed by atoms with van der Waals surface area (Å²) in [7, 11) is 1.69. The number of benzene rings is 2. The lowest BCUT2D eigenvalue weighted by Gasteiger charge is -2.39. The predicted molar refractivity (Wildman–Crippen MR) is 185 cm³/mol. The Kier molecular flexibility index (Phi) is 11.4. The molecule has 0 aliphatic carbocycles. The molecule has 3 aliphatic rings. The first kappa shape index (κ1) is 36.0. The van der Waals surface area contributed by atoms with E-state index in [-0.39, 0.29) is 37.3 Å². The highest BCUT2D eigenvalue weighted by Crippen LogP contribution is 2.59. The Morgan fingerprint density at radius 2 is 1.78 bits per heavy atom. The van der Waals surface area contributed by atoms with E-state index in [1.165, 1.54) is 4.90 Å². The lowest BCUT2D eigenvalue weighted by Crippen LogP contribution is -2.58. The van der Waals surface area contributed by atoms with E-state index in [0.717, 1.165) is 5.56 Å². The van der Waals surface area contributed by atoms with Gasteiger partial charge in [-0.2, -0.15) is 0 Å². The average Bonchev–Trinajstić information content (AvgIpc) is 3.77. The third-order valence-electron chi connectivity index (χ3n) is 10.6. The Bertz CT molecular complexity index is 1510. The highest BCUT2D eigenvalue weighted by atomic mass is 16.6. The summed E-state index contributed by atoms with van der Waals surface area (Å²) in [4.78, 5) is 61.3. The number of amides is 3. The minimum atomic E-state index is -1.26. The summed E-state index contributed by atoms with van der Waals surface area (Å²) in [5.74, 6) is -3.33. The summed E-state index contributed by atoms with van der Waals surface area (Å²) in [5, 5.41) is 10.4. The molecule has 2 bridgehead atoms. The number of esters is 1. The van der Waals surface area contributed by atoms with Gasteiger partial charge in [-0.1, -0.05) is 79.7 Å². The lowest BCUT2D eigenvalue weighted by atomic mass is 9.70. The van der Waals surface area contributed by atoms with Crippen LogP contribution in [0.2, 0.25) is 0 Å². The van der Waals surface area contributed by atoms with E-state index >= 15 is 0 Å². The molecule has 3 fully saturated rings. The van der Waals surface area contributed by atoms with E-state index in [1.807, 2.05) is 74.5 Å². The molecule has 0 saturated carbocycles. The zero-order valence-electron chi connectivity index (χ0n) is 28.8. The number of hydrogen-bond acceptors (Lipinski definition) is 7. The van der Waals surface area contributed by atoms with Crippen LogP contribution in [0.3, 0.4) is 0 Å². The highest BCUT2D eigenvalue weighted by Gasteiger charge is 2.75. The van der Waals surface area contributed by atoms with Crippen LogP contribution >= 0.6 is 0 Å². The first-order chi connectivity index (χ1) is 23.6. The molecule has 2 aromatic rings. The highest BCUT2D eigenvalue weighted by molar-refractivity contribution is 5.98. The van der Waals surface area contributed by atoms with Gasteiger partial charge in [-0.15, -0.1) is 13.2 Å². The number of likely N-dealkylation sites (tertiary alicyclic amines) is 1. The van der Waals surface area contributed by atoms with Crippen LogP contribution in [0.1, 0.15) is 63.2 Å². The molecular weight excluding hydrogens is 622 g/mol. The zero-order valence-corrected chi connectivity index (χ0v) is 28.8. The monoisotopic (exact) mass is 671 g/mol. The van der Waals surface area contributed by atoms with Crippen molar-refractivity contribution in [2.75, 3.05) is 20.2 Å². The van der Waals surface area contributed by atoms with Crippen LogP contribution in [0.15, 0.2) is 86.0 Å². The summed E-state index contributed by atoms with van der Waals surface area (Å²) in [6.45, 7) is 11.5. The van der Waals surface area contributed by atoms with Gasteiger partial charge in [0.15, 0.2) is 0 Å². The van der Waals surface area contributed by atoms with Gasteiger partial charge in [0.1, 0.15) is 17.7 Å². The summed E-state index contributed by atoms with van der Waals surface area (Å²) < 4.78 is 13.0. The van der Waals surface area contributed by atoms with Gasteiger partial charge in [0.05, 0.1) is 36.6 Å². The van der Waals surface area contributed by atoms with Crippen LogP contribution in [-0.2, 0) is 35.2 Å². The van der Waals surface area contributed by atoms with Crippen molar-refractivity contribution < 1.29 is 33.8 Å². The second-order valence-electron chi connectivity index (χ2n) is 13.4. The SMILES string of the molecule is C=CCCC(=O)N(C)[C@H](C)[C@H](OC(=O)[C@@H]1[C@H]2C(=O)N([C@@H](CC)CO)[C@H](C(=O)N(CC=C)Cc3ccccc3)[C@]23CC[C@H]1O3)c1ccccc1. The third kappa shape index (κ3) is 6.81. The second kappa shape index (κ2) is 15.5. The molecular formula is C39H49N3O7. The van der Waals surface area contributed by atoms with E-state index in [9.17, 15) is 24.3 Å². The molecule has 3 heterocycles. The van der Waals surface area contributed by atoms with Crippen LogP contribution in [0.25, 0.3) is 0 Å². The number of ether oxygens (including phenoxy) is 2. The third-order valence-corrected chi connectivity index (χ3v) is 10.6. The molecule has 2 aromatic carbocycles. The van der Waals surface area contributed by atoms with Crippen molar-refractivity contribution in [2.45, 2.75) is 88.4 Å². The topological polar surface area (TPSA) is 117 Å². The molecule has 10 nitrogen and oxygen atoms in total. The Morgan fingerprint density at radius 1 is 1.10 bits per heavy atom. The summed E-state index contributed by atoms with van der Waals surface area (Å²) in [6, 6.07) is 16.6. The van der Waals surface area contributed by atoms with Gasteiger partial charge in [0.2, 0.25) is 17.7 Å². The molecule has 3 amide bonds. The fourth-order valence-corrected chi connectivity index (χ4v) is 7.93. The van der Waals surface area contributed by atoms with Crippen molar-refractivity contribution in [1.82, 2.24) is 14.7 Å². The van der Waals surface area contributed by atoms with Gasteiger partial charge in [0, 0.05) is 26.6 Å². The standard InChI is InChI=1S/C39H49N3O7/c1-6-9-20-31(44)40(5)26(4)34(28-18-14-11-15-19-28)48-38(47)32-30-21-22-39(49-30)33(32)36(45)42(29(8-3)25-43)35(39)37(46)41(23-7-2)24-27-16-12-10-13-17-27/h6-7,10-19,26,29-30,32-35,43H,1-2,8-9,20-25H2,3-5H3/t26-,29+,30-,32+,33+,34+,35-,39+/m1/s1. The van der Waals surface area contributed by atoms with Gasteiger partial charge in [-0.25, -0.2) is 0 Å². The van der Waals surface area contributed by atoms with Crippen LogP contribution in [-0.4, -0.2) is 93.5 Å². The van der Waals surface area contributed by atoms with Crippen molar-refractivity contribution in [1.29, 1.82) is 0 Å². The Hall–Kier alpha value is -4.28. The minimum absolute atomic E-state index is 0.108. The number of allylic oxidation sites excluding steroid dienone is 1. The van der Waals surface area contributed by atoms with Crippen molar-refractivity contribution in [3.05, 3.63) is 97.1 Å². The maximum Gasteiger partial charge on any atom is 0.313 e. The lowest BCUT2D eigenvalue weighted by molar-refractivity contribution is -0.165. The fraction of sp³-hybridized carbons (Fsp3) is 0.487. The maximum atomic E-state index is 14.7. The first-order valence-corrected chi connectivity index (χ1v) is 17.3. The van der Waals surface area contributed by atoms with Crippen molar-refractivity contribution >= 4 is 23.7 Å². The predicted octanol–water partition coefficient (Wildman–Crippen LogP) is 4.44. The van der Waals surface area contributed by atoms with Crippen molar-refractivity contribution in [2.24, 2.45) is 11.8 Å². The van der Waals surface area contributed by atoms with Gasteiger partial charge >= 0.3 is 5.97 Å². The number of fused-ring (bicyclic) bond motifs is 1. The smallest absolute Gasteiger partial charge is 0.313 e. The molecule has 8 atom stereocenters. The molecule has 3 saturated heterocycles. The number of rotatable bonds is 16. The fourth-order valence-electron chi connectivity index (χ4n) is 7.93. The van der Waals surface area contributed by atoms with E-state index < -0.39 is 53.7 Å². The quantitative estimate of drug-likeness (QED) is 0.207. The second-order valence-corrected chi connectivity index (χ2v) is 13.4. The summed E-state index contributed by atoms with van der Waals surface area (Å²) in [5.41, 5.74) is 0.376. The van der Waals surface area contributed by atoms with Gasteiger partial charge in [-0.05, 0) is 43.7 Å². The van der Waals surface area contributed by atoms with E-state index in [4.69, 9.17) is 9.47 Å². The van der Waals surface area contributed by atoms with Gasteiger partial charge < -0.3 is 29.3 Å². The maximum absolute atomic E-state index is 14.7. The van der Waals surface area contributed by atoms with Crippen LogP contribution in [0, 0.1) is 11.8 Å². The minimum Gasteiger partial charge on any atom is -0.455 e. The van der Waals surface area contributed by atoms with Gasteiger partial charge in [0.25, 0.3) is 0 Å². The number of aliphatic hydroxyl groups is 1. The molecule has 262 valence electrons. The molecule has 0 aromatic heterocycles. The number of aliphatic hydroxyl groups excluding tert-OH is 1. The Labute approximate surface area is 289 Å². The van der Waals surface area contributed by atoms with E-state index in [1.54, 1.807) is 29.0 Å². The molecule has 5 rings (SSSR count). The number of nitrogens with zero attached hydrogens (tertiary/aromatic N) is 3. The molecule has 49 heavy (non-hydrogen) atoms. The van der Waals surface area contributed by atoms with E-state index in [2.05, 4.69) is 13.2 Å². The molecule has 3 aliphatic heterocycles. The van der Waals surface area contributed by atoms with Crippen molar-refractivity contribution in [3.63, 3.8) is 0 Å². The van der Waals surface area contributed by atoms with E-state index in [0.29, 0.717) is 37.8 Å².